The molecule has 2 atom stereocenters. The van der Waals surface area contributed by atoms with E-state index in [9.17, 15) is 27.2 Å². The van der Waals surface area contributed by atoms with Crippen molar-refractivity contribution in [2.75, 3.05) is 36.6 Å². The lowest BCUT2D eigenvalue weighted by molar-refractivity contribution is -0.137. The number of carbonyl (C=O) groups is 2. The predicted octanol–water partition coefficient (Wildman–Crippen LogP) is 4.35. The fraction of sp³-hybridized carbons (Fsp3) is 0.480. The van der Waals surface area contributed by atoms with Crippen LogP contribution in [0.25, 0.3) is 0 Å². The van der Waals surface area contributed by atoms with Crippen molar-refractivity contribution in [2.24, 2.45) is 5.92 Å². The molecule has 37 heavy (non-hydrogen) atoms. The van der Waals surface area contributed by atoms with Crippen LogP contribution in [0.15, 0.2) is 30.3 Å². The van der Waals surface area contributed by atoms with Crippen LogP contribution < -0.4 is 15.1 Å². The maximum Gasteiger partial charge on any atom is 0.416 e. The van der Waals surface area contributed by atoms with Crippen LogP contribution in [0.5, 0.6) is 0 Å². The van der Waals surface area contributed by atoms with Crippen molar-refractivity contribution >= 4 is 34.9 Å². The van der Waals surface area contributed by atoms with Crippen molar-refractivity contribution in [3.8, 4) is 0 Å². The summed E-state index contributed by atoms with van der Waals surface area (Å²) in [7, 11) is 1.46. The summed E-state index contributed by atoms with van der Waals surface area (Å²) in [5.74, 6) is -2.11. The van der Waals surface area contributed by atoms with E-state index in [1.54, 1.807) is 0 Å². The smallest absolute Gasteiger partial charge is 0.381 e. The molecule has 1 aromatic carbocycles. The summed E-state index contributed by atoms with van der Waals surface area (Å²) in [5.41, 5.74) is -0.459. The van der Waals surface area contributed by atoms with Crippen LogP contribution in [0.3, 0.4) is 0 Å². The second-order valence-electron chi connectivity index (χ2n) is 9.34. The van der Waals surface area contributed by atoms with Gasteiger partial charge >= 0.3 is 6.18 Å². The lowest BCUT2D eigenvalue weighted by Gasteiger charge is -2.29. The molecular formula is C25H27ClF4N4O3. The maximum atomic E-state index is 13.7. The number of hydrogen-bond acceptors (Lipinski definition) is 5. The Hall–Kier alpha value is -2.92. The summed E-state index contributed by atoms with van der Waals surface area (Å²) in [6.45, 7) is 2.51. The monoisotopic (exact) mass is 542 g/mol. The average molecular weight is 543 g/mol. The molecule has 2 saturated heterocycles. The number of ether oxygens (including phenoxy) is 1. The molecule has 7 nitrogen and oxygen atoms in total. The summed E-state index contributed by atoms with van der Waals surface area (Å²) in [6.07, 6.45) is -3.22. The second-order valence-corrected chi connectivity index (χ2v) is 9.75. The molecule has 2 amide bonds. The van der Waals surface area contributed by atoms with Gasteiger partial charge in [0.2, 0.25) is 11.8 Å². The number of rotatable bonds is 5. The molecule has 1 aromatic heterocycles. The first-order valence-electron chi connectivity index (χ1n) is 11.9. The highest BCUT2D eigenvalue weighted by Gasteiger charge is 2.43. The van der Waals surface area contributed by atoms with Crippen molar-refractivity contribution < 1.29 is 31.9 Å². The standard InChI is InChI=1S/C25H27ClF4N4O3/c1-14-9-16(25(28,29)30)11-22(31-14)34-13-15(23(35)32-17-5-7-37-8-6-17)10-21(34)24(36)33(2)18-3-4-20(27)19(26)12-18/h3-4,9,11-12,15,17,21H,5-8,10,13H2,1-2H3,(H,32,35)/t15-,21-/m0/s1. The summed E-state index contributed by atoms with van der Waals surface area (Å²) in [6, 6.07) is 4.56. The van der Waals surface area contributed by atoms with Gasteiger partial charge in [0.1, 0.15) is 17.7 Å². The number of halogens is 5. The molecule has 0 radical (unpaired) electrons. The minimum Gasteiger partial charge on any atom is -0.381 e. The van der Waals surface area contributed by atoms with Crippen molar-refractivity contribution in [2.45, 2.75) is 44.4 Å². The van der Waals surface area contributed by atoms with Gasteiger partial charge in [-0.05, 0) is 56.5 Å². The molecule has 2 aliphatic heterocycles. The summed E-state index contributed by atoms with van der Waals surface area (Å²) in [5, 5.41) is 2.81. The third kappa shape index (κ3) is 6.15. The SMILES string of the molecule is Cc1cc(C(F)(F)F)cc(N2C[C@@H](C(=O)NC3CCOCC3)C[C@H]2C(=O)N(C)c2ccc(F)c(Cl)c2)n1. The molecule has 0 saturated carbocycles. The molecule has 3 heterocycles. The minimum absolute atomic E-state index is 0.0111. The number of anilines is 2. The number of alkyl halides is 3. The van der Waals surface area contributed by atoms with Crippen molar-refractivity contribution in [1.82, 2.24) is 10.3 Å². The summed E-state index contributed by atoms with van der Waals surface area (Å²) < 4.78 is 59.6. The molecule has 2 fully saturated rings. The van der Waals surface area contributed by atoms with Crippen LogP contribution in [0.2, 0.25) is 5.02 Å². The Kier molecular flexibility index (Phi) is 7.94. The molecule has 200 valence electrons. The fourth-order valence-corrected chi connectivity index (χ4v) is 4.86. The third-order valence-electron chi connectivity index (χ3n) is 6.71. The first-order valence-corrected chi connectivity index (χ1v) is 12.2. The molecule has 12 heteroatoms. The Morgan fingerprint density at radius 3 is 2.54 bits per heavy atom. The molecule has 0 spiro atoms. The van der Waals surface area contributed by atoms with Crippen LogP contribution >= 0.6 is 11.6 Å². The normalized spacial score (nSPS) is 20.7. The first kappa shape index (κ1) is 27.1. The Labute approximate surface area is 216 Å². The number of amides is 2. The van der Waals surface area contributed by atoms with Crippen molar-refractivity contribution in [1.29, 1.82) is 0 Å². The van der Waals surface area contributed by atoms with Gasteiger partial charge in [-0.1, -0.05) is 11.6 Å². The number of carbonyl (C=O) groups excluding carboxylic acids is 2. The average Bonchev–Trinajstić information content (AvgIpc) is 3.30. The molecule has 2 aromatic rings. The lowest BCUT2D eigenvalue weighted by Crippen LogP contribution is -2.44. The van der Waals surface area contributed by atoms with Gasteiger partial charge in [-0.3, -0.25) is 9.59 Å². The van der Waals surface area contributed by atoms with E-state index in [-0.39, 0.29) is 41.4 Å². The number of hydrogen-bond donors (Lipinski definition) is 1. The highest BCUT2D eigenvalue weighted by molar-refractivity contribution is 6.31. The van der Waals surface area contributed by atoms with E-state index >= 15 is 0 Å². The number of pyridine rings is 1. The maximum absolute atomic E-state index is 13.7. The van der Waals surface area contributed by atoms with Gasteiger partial charge in [0.15, 0.2) is 0 Å². The zero-order valence-corrected chi connectivity index (χ0v) is 21.1. The van der Waals surface area contributed by atoms with E-state index in [4.69, 9.17) is 16.3 Å². The van der Waals surface area contributed by atoms with E-state index in [1.807, 2.05) is 0 Å². The van der Waals surface area contributed by atoms with Crippen molar-refractivity contribution in [3.63, 3.8) is 0 Å². The van der Waals surface area contributed by atoms with Crippen LogP contribution in [0.1, 0.15) is 30.5 Å². The van der Waals surface area contributed by atoms with Crippen LogP contribution in [-0.4, -0.2) is 55.7 Å². The molecule has 2 aliphatic rings. The van der Waals surface area contributed by atoms with Gasteiger partial charge < -0.3 is 19.9 Å². The molecule has 0 unspecified atom stereocenters. The van der Waals surface area contributed by atoms with Gasteiger partial charge in [-0.25, -0.2) is 9.37 Å². The minimum atomic E-state index is -4.61. The number of aryl methyl sites for hydroxylation is 1. The predicted molar refractivity (Wildman–Crippen MR) is 130 cm³/mol. The van der Waals surface area contributed by atoms with Gasteiger partial charge in [0.25, 0.3) is 0 Å². The zero-order valence-electron chi connectivity index (χ0n) is 20.3. The van der Waals surface area contributed by atoms with Crippen LogP contribution in [0, 0.1) is 18.7 Å². The number of nitrogens with zero attached hydrogens (tertiary/aromatic N) is 3. The quantitative estimate of drug-likeness (QED) is 0.569. The number of aromatic nitrogens is 1. The van der Waals surface area contributed by atoms with Crippen LogP contribution in [-0.2, 0) is 20.5 Å². The highest BCUT2D eigenvalue weighted by atomic mass is 35.5. The molecule has 4 rings (SSSR count). The van der Waals surface area contributed by atoms with E-state index < -0.39 is 35.4 Å². The molecule has 0 bridgehead atoms. The summed E-state index contributed by atoms with van der Waals surface area (Å²) in [4.78, 5) is 33.7. The van der Waals surface area contributed by atoms with E-state index in [2.05, 4.69) is 10.3 Å². The topological polar surface area (TPSA) is 74.8 Å². The Morgan fingerprint density at radius 2 is 1.89 bits per heavy atom. The van der Waals surface area contributed by atoms with E-state index in [0.717, 1.165) is 18.2 Å². The first-order chi connectivity index (χ1) is 17.4. The molecule has 1 N–H and O–H groups in total. The number of nitrogens with one attached hydrogen (secondary N) is 1. The van der Waals surface area contributed by atoms with E-state index in [0.29, 0.717) is 31.7 Å². The van der Waals surface area contributed by atoms with Gasteiger partial charge in [0, 0.05) is 44.2 Å². The lowest BCUT2D eigenvalue weighted by atomic mass is 10.0. The third-order valence-corrected chi connectivity index (χ3v) is 7.00. The van der Waals surface area contributed by atoms with Crippen LogP contribution in [0.4, 0.5) is 29.1 Å². The highest BCUT2D eigenvalue weighted by Crippen LogP contribution is 2.36. The zero-order chi connectivity index (χ0) is 26.9. The van der Waals surface area contributed by atoms with Crippen molar-refractivity contribution in [3.05, 3.63) is 52.4 Å². The summed E-state index contributed by atoms with van der Waals surface area (Å²) >= 11 is 5.88. The van der Waals surface area contributed by atoms with E-state index in [1.165, 1.54) is 35.9 Å². The van der Waals surface area contributed by atoms with Gasteiger partial charge in [-0.15, -0.1) is 0 Å². The second kappa shape index (κ2) is 10.8. The Bertz CT molecular complexity index is 1170. The fourth-order valence-electron chi connectivity index (χ4n) is 4.68. The molecular weight excluding hydrogens is 516 g/mol. The van der Waals surface area contributed by atoms with Gasteiger partial charge in [0.05, 0.1) is 16.5 Å². The number of likely N-dealkylation sites (N-methyl/N-ethyl adjacent to an activating group) is 1. The Balaban J connectivity index is 1.64. The van der Waals surface area contributed by atoms with Gasteiger partial charge in [-0.2, -0.15) is 13.2 Å². The largest absolute Gasteiger partial charge is 0.416 e. The molecule has 0 aliphatic carbocycles. The number of benzene rings is 1. The Morgan fingerprint density at radius 1 is 1.19 bits per heavy atom.